The molecule has 0 aromatic rings. The van der Waals surface area contributed by atoms with E-state index in [1.807, 2.05) is 21.0 Å². The Balaban J connectivity index is 2.65. The maximum Gasteiger partial charge on any atom is 0.239 e. The highest BCUT2D eigenvalue weighted by molar-refractivity contribution is 5.81. The minimum Gasteiger partial charge on any atom is -0.347 e. The molecule has 0 aromatic carbocycles. The summed E-state index contributed by atoms with van der Waals surface area (Å²) in [6.45, 7) is 7.40. The lowest BCUT2D eigenvalue weighted by Gasteiger charge is -2.38. The van der Waals surface area contributed by atoms with Crippen molar-refractivity contribution in [3.8, 4) is 0 Å². The van der Waals surface area contributed by atoms with Gasteiger partial charge in [0.1, 0.15) is 0 Å². The number of likely N-dealkylation sites (N-methyl/N-ethyl adjacent to an activating group) is 1. The van der Waals surface area contributed by atoms with Crippen LogP contribution in [0.4, 0.5) is 0 Å². The van der Waals surface area contributed by atoms with Crippen LogP contribution in [0.1, 0.15) is 33.1 Å². The van der Waals surface area contributed by atoms with Gasteiger partial charge in [-0.25, -0.2) is 0 Å². The van der Waals surface area contributed by atoms with Crippen molar-refractivity contribution in [2.24, 2.45) is 0 Å². The monoisotopic (exact) mass is 241 g/mol. The van der Waals surface area contributed by atoms with Crippen LogP contribution >= 0.6 is 0 Å². The van der Waals surface area contributed by atoms with Crippen molar-refractivity contribution < 1.29 is 4.79 Å². The normalized spacial score (nSPS) is 19.4. The Morgan fingerprint density at radius 2 is 1.94 bits per heavy atom. The molecule has 1 heterocycles. The Labute approximate surface area is 105 Å². The van der Waals surface area contributed by atoms with E-state index in [-0.39, 0.29) is 11.9 Å². The van der Waals surface area contributed by atoms with Gasteiger partial charge in [-0.1, -0.05) is 6.92 Å². The summed E-state index contributed by atoms with van der Waals surface area (Å²) in [5, 5.41) is 3.38. The summed E-state index contributed by atoms with van der Waals surface area (Å²) in [4.78, 5) is 16.2. The van der Waals surface area contributed by atoms with Crippen molar-refractivity contribution >= 4 is 5.91 Å². The van der Waals surface area contributed by atoms with Gasteiger partial charge in [0.2, 0.25) is 5.91 Å². The Bertz CT molecular complexity index is 237. The van der Waals surface area contributed by atoms with Crippen LogP contribution in [0.2, 0.25) is 0 Å². The van der Waals surface area contributed by atoms with Crippen molar-refractivity contribution in [2.45, 2.75) is 45.2 Å². The summed E-state index contributed by atoms with van der Waals surface area (Å²) in [7, 11) is 3.68. The van der Waals surface area contributed by atoms with Gasteiger partial charge in [-0.15, -0.1) is 0 Å². The van der Waals surface area contributed by atoms with Gasteiger partial charge < -0.3 is 10.2 Å². The molecule has 1 atom stereocenters. The molecular formula is C13H27N3O. The molecule has 0 bridgehead atoms. The third-order valence-corrected chi connectivity index (χ3v) is 3.56. The molecule has 0 radical (unpaired) electrons. The third-order valence-electron chi connectivity index (χ3n) is 3.56. The number of nitrogens with one attached hydrogen (secondary N) is 1. The van der Waals surface area contributed by atoms with Crippen molar-refractivity contribution in [2.75, 3.05) is 33.7 Å². The van der Waals surface area contributed by atoms with Crippen LogP contribution in [0.15, 0.2) is 0 Å². The highest BCUT2D eigenvalue weighted by Crippen LogP contribution is 2.16. The predicted molar refractivity (Wildman–Crippen MR) is 71.0 cm³/mol. The van der Waals surface area contributed by atoms with Crippen molar-refractivity contribution in [3.05, 3.63) is 0 Å². The third kappa shape index (κ3) is 3.96. The average Bonchev–Trinajstić information content (AvgIpc) is 2.35. The van der Waals surface area contributed by atoms with E-state index in [1.165, 1.54) is 0 Å². The quantitative estimate of drug-likeness (QED) is 0.778. The highest BCUT2D eigenvalue weighted by atomic mass is 16.2. The first-order valence-electron chi connectivity index (χ1n) is 6.75. The SMILES string of the molecule is CCCN(C1CCNCC1)C(C)C(=O)N(C)C. The standard InChI is InChI=1S/C13H27N3O/c1-5-10-16(11(2)13(17)15(3)4)12-6-8-14-9-7-12/h11-12,14H,5-10H2,1-4H3. The second kappa shape index (κ2) is 6.97. The fourth-order valence-electron chi connectivity index (χ4n) is 2.60. The maximum absolute atomic E-state index is 12.1. The maximum atomic E-state index is 12.1. The Hall–Kier alpha value is -0.610. The summed E-state index contributed by atoms with van der Waals surface area (Å²) in [5.74, 6) is 0.219. The van der Waals surface area contributed by atoms with Gasteiger partial charge in [0.25, 0.3) is 0 Å². The van der Waals surface area contributed by atoms with E-state index in [2.05, 4.69) is 17.1 Å². The molecule has 1 unspecified atom stereocenters. The molecule has 4 nitrogen and oxygen atoms in total. The number of hydrogen-bond donors (Lipinski definition) is 1. The number of carbonyl (C=O) groups is 1. The second-order valence-corrected chi connectivity index (χ2v) is 5.13. The number of hydrogen-bond acceptors (Lipinski definition) is 3. The van der Waals surface area contributed by atoms with E-state index < -0.39 is 0 Å². The molecule has 0 aromatic heterocycles. The summed E-state index contributed by atoms with van der Waals surface area (Å²) >= 11 is 0. The van der Waals surface area contributed by atoms with E-state index >= 15 is 0 Å². The molecule has 0 aliphatic carbocycles. The smallest absolute Gasteiger partial charge is 0.239 e. The molecule has 17 heavy (non-hydrogen) atoms. The largest absolute Gasteiger partial charge is 0.347 e. The zero-order valence-corrected chi connectivity index (χ0v) is 11.7. The van der Waals surface area contributed by atoms with Gasteiger partial charge in [-0.05, 0) is 45.8 Å². The number of rotatable bonds is 5. The molecule has 1 aliphatic rings. The van der Waals surface area contributed by atoms with Crippen LogP contribution in [0.5, 0.6) is 0 Å². The van der Waals surface area contributed by atoms with E-state index in [9.17, 15) is 4.79 Å². The fourth-order valence-corrected chi connectivity index (χ4v) is 2.60. The summed E-state index contributed by atoms with van der Waals surface area (Å²) < 4.78 is 0. The van der Waals surface area contributed by atoms with Gasteiger partial charge in [0.15, 0.2) is 0 Å². The molecule has 0 spiro atoms. The lowest BCUT2D eigenvalue weighted by molar-refractivity contribution is -0.135. The molecule has 1 aliphatic heterocycles. The van der Waals surface area contributed by atoms with E-state index in [4.69, 9.17) is 0 Å². The minimum atomic E-state index is 0.00745. The second-order valence-electron chi connectivity index (χ2n) is 5.13. The summed E-state index contributed by atoms with van der Waals surface area (Å²) in [6.07, 6.45) is 3.42. The number of nitrogens with zero attached hydrogens (tertiary/aromatic N) is 2. The first-order valence-corrected chi connectivity index (χ1v) is 6.75. The minimum absolute atomic E-state index is 0.00745. The van der Waals surface area contributed by atoms with E-state index in [0.717, 1.165) is 38.9 Å². The van der Waals surface area contributed by atoms with Crippen molar-refractivity contribution in [3.63, 3.8) is 0 Å². The molecule has 1 N–H and O–H groups in total. The van der Waals surface area contributed by atoms with Crippen LogP contribution in [0.25, 0.3) is 0 Å². The number of amides is 1. The molecule has 1 rings (SSSR count). The van der Waals surface area contributed by atoms with Gasteiger partial charge in [-0.2, -0.15) is 0 Å². The van der Waals surface area contributed by atoms with Gasteiger partial charge >= 0.3 is 0 Å². The summed E-state index contributed by atoms with van der Waals surface area (Å²) in [5.41, 5.74) is 0. The molecule has 1 amide bonds. The van der Waals surface area contributed by atoms with Gasteiger partial charge in [0, 0.05) is 20.1 Å². The van der Waals surface area contributed by atoms with Gasteiger partial charge in [0.05, 0.1) is 6.04 Å². The van der Waals surface area contributed by atoms with Crippen LogP contribution in [-0.4, -0.2) is 61.5 Å². The molecule has 0 saturated carbocycles. The van der Waals surface area contributed by atoms with Crippen LogP contribution in [0, 0.1) is 0 Å². The molecule has 1 fully saturated rings. The topological polar surface area (TPSA) is 35.6 Å². The lowest BCUT2D eigenvalue weighted by atomic mass is 10.0. The van der Waals surface area contributed by atoms with E-state index in [0.29, 0.717) is 6.04 Å². The number of carbonyl (C=O) groups excluding carboxylic acids is 1. The predicted octanol–water partition coefficient (Wildman–Crippen LogP) is 0.927. The first kappa shape index (κ1) is 14.5. The van der Waals surface area contributed by atoms with Crippen LogP contribution in [0.3, 0.4) is 0 Å². The highest BCUT2D eigenvalue weighted by Gasteiger charge is 2.29. The molecular weight excluding hydrogens is 214 g/mol. The zero-order valence-electron chi connectivity index (χ0n) is 11.7. The Morgan fingerprint density at radius 1 is 1.35 bits per heavy atom. The molecule has 1 saturated heterocycles. The van der Waals surface area contributed by atoms with E-state index in [1.54, 1.807) is 4.90 Å². The fraction of sp³-hybridized carbons (Fsp3) is 0.923. The van der Waals surface area contributed by atoms with Crippen LogP contribution < -0.4 is 5.32 Å². The average molecular weight is 241 g/mol. The Morgan fingerprint density at radius 3 is 2.41 bits per heavy atom. The first-order chi connectivity index (χ1) is 8.07. The zero-order chi connectivity index (χ0) is 12.8. The van der Waals surface area contributed by atoms with Crippen LogP contribution in [-0.2, 0) is 4.79 Å². The summed E-state index contributed by atoms with van der Waals surface area (Å²) in [6, 6.07) is 0.572. The Kier molecular flexibility index (Phi) is 5.92. The lowest BCUT2D eigenvalue weighted by Crippen LogP contribution is -2.52. The van der Waals surface area contributed by atoms with Gasteiger partial charge in [-0.3, -0.25) is 9.69 Å². The molecule has 100 valence electrons. The van der Waals surface area contributed by atoms with Crippen molar-refractivity contribution in [1.82, 2.24) is 15.1 Å². The number of piperidine rings is 1. The molecule has 4 heteroatoms. The van der Waals surface area contributed by atoms with Crippen molar-refractivity contribution in [1.29, 1.82) is 0 Å².